The van der Waals surface area contributed by atoms with E-state index in [0.717, 1.165) is 5.56 Å². The molecule has 1 fully saturated rings. The van der Waals surface area contributed by atoms with Crippen LogP contribution in [0.1, 0.15) is 50.2 Å². The Morgan fingerprint density at radius 3 is 2.47 bits per heavy atom. The van der Waals surface area contributed by atoms with Gasteiger partial charge in [-0.15, -0.1) is 0 Å². The van der Waals surface area contributed by atoms with E-state index >= 15 is 0 Å². The monoisotopic (exact) mass is 548 g/mol. The largest absolute Gasteiger partial charge is 0.465 e. The Labute approximate surface area is 222 Å². The maximum absolute atomic E-state index is 13.7. The molecule has 2 aromatic rings. The smallest absolute Gasteiger partial charge is 0.412 e. The number of anilines is 1. The lowest BCUT2D eigenvalue weighted by atomic mass is 9.85. The van der Waals surface area contributed by atoms with Crippen LogP contribution in [0, 0.1) is 0 Å². The van der Waals surface area contributed by atoms with Crippen LogP contribution in [0.3, 0.4) is 0 Å². The van der Waals surface area contributed by atoms with Crippen molar-refractivity contribution in [2.24, 2.45) is 4.99 Å². The first-order valence-corrected chi connectivity index (χ1v) is 12.4. The van der Waals surface area contributed by atoms with Gasteiger partial charge in [0.2, 0.25) is 17.8 Å². The van der Waals surface area contributed by atoms with Crippen molar-refractivity contribution in [3.63, 3.8) is 0 Å². The van der Waals surface area contributed by atoms with E-state index in [9.17, 15) is 28.3 Å². The first-order chi connectivity index (χ1) is 18.0. The summed E-state index contributed by atoms with van der Waals surface area (Å²) in [5, 5.41) is 14.2. The number of alkyl halides is 2. The molecule has 9 nitrogen and oxygen atoms in total. The number of carbonyl (C=O) groups excluding carboxylic acids is 2. The fourth-order valence-corrected chi connectivity index (χ4v) is 5.11. The number of hydrogen-bond donors (Lipinski definition) is 3. The molecule has 1 saturated carbocycles. The van der Waals surface area contributed by atoms with Crippen molar-refractivity contribution in [1.29, 1.82) is 0 Å². The predicted molar refractivity (Wildman–Crippen MR) is 136 cm³/mol. The first-order valence-electron chi connectivity index (χ1n) is 12.0. The minimum atomic E-state index is -2.81. The van der Waals surface area contributed by atoms with Crippen LogP contribution in [-0.2, 0) is 21.7 Å². The Balaban J connectivity index is 1.57. The second-order valence-corrected chi connectivity index (χ2v) is 9.90. The average molecular weight is 549 g/mol. The molecule has 0 saturated heterocycles. The summed E-state index contributed by atoms with van der Waals surface area (Å²) in [6.45, 7) is 1.66. The van der Waals surface area contributed by atoms with E-state index in [0.29, 0.717) is 5.56 Å². The maximum atomic E-state index is 13.7. The summed E-state index contributed by atoms with van der Waals surface area (Å²) >= 11 is 6.63. The van der Waals surface area contributed by atoms with Gasteiger partial charge in [-0.1, -0.05) is 54.1 Å². The number of carbonyl (C=O) groups is 3. The Hall–Kier alpha value is -3.73. The Morgan fingerprint density at radius 2 is 1.82 bits per heavy atom. The molecule has 38 heavy (non-hydrogen) atoms. The summed E-state index contributed by atoms with van der Waals surface area (Å²) in [6, 6.07) is 13.3. The zero-order valence-corrected chi connectivity index (χ0v) is 21.3. The number of nitrogens with one attached hydrogen (secondary N) is 2. The van der Waals surface area contributed by atoms with E-state index in [2.05, 4.69) is 15.6 Å². The molecular weight excluding hydrogens is 522 g/mol. The van der Waals surface area contributed by atoms with Crippen molar-refractivity contribution in [3.8, 4) is 0 Å². The zero-order chi connectivity index (χ0) is 27.5. The van der Waals surface area contributed by atoms with Crippen LogP contribution >= 0.6 is 11.6 Å². The normalized spacial score (nSPS) is 21.4. The second-order valence-electron chi connectivity index (χ2n) is 9.52. The van der Waals surface area contributed by atoms with Crippen LogP contribution < -0.4 is 10.6 Å². The van der Waals surface area contributed by atoms with Crippen LogP contribution in [0.4, 0.5) is 24.1 Å². The van der Waals surface area contributed by atoms with E-state index in [1.54, 1.807) is 25.1 Å². The van der Waals surface area contributed by atoms with Gasteiger partial charge in [0.15, 0.2) is 0 Å². The van der Waals surface area contributed by atoms with Crippen molar-refractivity contribution >= 4 is 41.3 Å². The van der Waals surface area contributed by atoms with E-state index in [-0.39, 0.29) is 42.5 Å². The second kappa shape index (κ2) is 10.9. The number of guanidine groups is 1. The Bertz CT molecular complexity index is 1250. The van der Waals surface area contributed by atoms with Gasteiger partial charge >= 0.3 is 12.2 Å². The van der Waals surface area contributed by atoms with Crippen LogP contribution in [0.25, 0.3) is 0 Å². The number of hydrogen-bond acceptors (Lipinski definition) is 5. The topological polar surface area (TPSA) is 120 Å². The number of amides is 3. The minimum Gasteiger partial charge on any atom is -0.465 e. The van der Waals surface area contributed by atoms with Gasteiger partial charge in [0, 0.05) is 24.4 Å². The molecule has 0 aromatic heterocycles. The van der Waals surface area contributed by atoms with Gasteiger partial charge in [-0.3, -0.25) is 20.3 Å². The fourth-order valence-electron chi connectivity index (χ4n) is 4.74. The van der Waals surface area contributed by atoms with Gasteiger partial charge in [0.1, 0.15) is 6.61 Å². The number of carboxylic acid groups (broad SMARTS) is 1. The zero-order valence-electron chi connectivity index (χ0n) is 20.5. The predicted octanol–water partition coefficient (Wildman–Crippen LogP) is 5.74. The molecule has 3 N–H and O–H groups in total. The van der Waals surface area contributed by atoms with E-state index in [1.807, 2.05) is 30.3 Å². The van der Waals surface area contributed by atoms with Gasteiger partial charge in [0.25, 0.3) is 0 Å². The molecule has 1 heterocycles. The first kappa shape index (κ1) is 27.3. The Morgan fingerprint density at radius 1 is 1.13 bits per heavy atom. The number of benzene rings is 2. The van der Waals surface area contributed by atoms with Crippen LogP contribution in [0.2, 0.25) is 5.02 Å². The summed E-state index contributed by atoms with van der Waals surface area (Å²) in [5.41, 5.74) is 0.0885. The molecule has 12 heteroatoms. The Kier molecular flexibility index (Phi) is 7.86. The number of rotatable bonds is 5. The molecule has 202 valence electrons. The highest BCUT2D eigenvalue weighted by atomic mass is 35.5. The highest BCUT2D eigenvalue weighted by Gasteiger charge is 2.45. The average Bonchev–Trinajstić information content (AvgIpc) is 2.85. The van der Waals surface area contributed by atoms with Crippen molar-refractivity contribution in [2.45, 2.75) is 63.1 Å². The molecule has 0 bridgehead atoms. The summed E-state index contributed by atoms with van der Waals surface area (Å²) in [5.74, 6) is -3.54. The summed E-state index contributed by atoms with van der Waals surface area (Å²) in [7, 11) is 0. The lowest BCUT2D eigenvalue weighted by Gasteiger charge is -2.42. The van der Waals surface area contributed by atoms with E-state index in [4.69, 9.17) is 16.3 Å². The molecule has 1 aliphatic heterocycles. The number of halogens is 3. The van der Waals surface area contributed by atoms with Crippen LogP contribution in [-0.4, -0.2) is 46.0 Å². The summed E-state index contributed by atoms with van der Waals surface area (Å²) in [4.78, 5) is 42.9. The third kappa shape index (κ3) is 6.21. The molecule has 1 aliphatic carbocycles. The third-order valence-electron chi connectivity index (χ3n) is 6.64. The minimum absolute atomic E-state index is 0.0149. The molecule has 0 unspecified atom stereocenters. The molecule has 1 atom stereocenters. The molecular formula is C26H27ClF2N4O5. The SMILES string of the molecule is C[C@@]1(c2cccc(NC(=O)OCc3ccccc3)c2Cl)CC(=O)N(C2CCC(F)(F)CC2)C(NC(=O)O)=N1. The van der Waals surface area contributed by atoms with Gasteiger partial charge in [-0.25, -0.2) is 23.4 Å². The van der Waals surface area contributed by atoms with Gasteiger partial charge in [0.05, 0.1) is 22.7 Å². The lowest BCUT2D eigenvalue weighted by molar-refractivity contribution is -0.133. The molecule has 4 rings (SSSR count). The van der Waals surface area contributed by atoms with Crippen molar-refractivity contribution in [1.82, 2.24) is 10.2 Å². The van der Waals surface area contributed by atoms with Crippen molar-refractivity contribution < 1.29 is 33.0 Å². The van der Waals surface area contributed by atoms with Crippen molar-refractivity contribution in [3.05, 3.63) is 64.7 Å². The fraction of sp³-hybridized carbons (Fsp3) is 0.385. The maximum Gasteiger partial charge on any atom is 0.412 e. The highest BCUT2D eigenvalue weighted by Crippen LogP contribution is 2.42. The lowest BCUT2D eigenvalue weighted by Crippen LogP contribution is -2.57. The number of aliphatic imine (C=N–C) groups is 1. The molecule has 0 radical (unpaired) electrons. The third-order valence-corrected chi connectivity index (χ3v) is 7.05. The standard InChI is InChI=1S/C26H27ClF2N4O5/c1-25(14-20(34)33(22(32-25)31-23(35)36)17-10-12-26(28,29)13-11-17)18-8-5-9-19(21(18)27)30-24(37)38-15-16-6-3-2-4-7-16/h2-9,17H,10-15H2,1H3,(H,30,37)(H,31,32)(H,35,36)/t25-/m0/s1. The van der Waals surface area contributed by atoms with Gasteiger partial charge < -0.3 is 9.84 Å². The molecule has 2 aliphatic rings. The van der Waals surface area contributed by atoms with E-state index < -0.39 is 48.4 Å². The summed E-state index contributed by atoms with van der Waals surface area (Å²) in [6.07, 6.45) is -3.16. The van der Waals surface area contributed by atoms with Crippen LogP contribution in [0.15, 0.2) is 53.5 Å². The molecule has 2 aromatic carbocycles. The summed E-state index contributed by atoms with van der Waals surface area (Å²) < 4.78 is 32.7. The number of nitrogens with zero attached hydrogens (tertiary/aromatic N) is 2. The molecule has 0 spiro atoms. The van der Waals surface area contributed by atoms with E-state index in [1.165, 1.54) is 4.90 Å². The van der Waals surface area contributed by atoms with Gasteiger partial charge in [-0.2, -0.15) is 0 Å². The quantitative estimate of drug-likeness (QED) is 0.440. The van der Waals surface area contributed by atoms with Crippen molar-refractivity contribution in [2.75, 3.05) is 5.32 Å². The number of ether oxygens (including phenoxy) is 1. The highest BCUT2D eigenvalue weighted by molar-refractivity contribution is 6.34. The van der Waals surface area contributed by atoms with Crippen LogP contribution in [0.5, 0.6) is 0 Å². The van der Waals surface area contributed by atoms with Gasteiger partial charge in [-0.05, 0) is 31.4 Å². The molecule has 3 amide bonds.